The molecule has 1 saturated heterocycles. The molecule has 1 aliphatic rings. The van der Waals surface area contributed by atoms with E-state index in [2.05, 4.69) is 15.0 Å². The van der Waals surface area contributed by atoms with E-state index in [9.17, 15) is 40.7 Å². The Morgan fingerprint density at radius 2 is 1.57 bits per heavy atom. The SMILES string of the molecule is COc1ccnc(C(=O)NC2CCCC(Cc3ccc(C(F)(F)F)cc3)C(Cc3ccc(OC(F)(F)F)cc3)C(C)OC2=O)c1OC(C)=O. The Hall–Kier alpha value is -4.82. The Morgan fingerprint density at radius 3 is 2.16 bits per heavy atom. The number of benzene rings is 2. The van der Waals surface area contributed by atoms with Crippen LogP contribution < -0.4 is 19.5 Å². The van der Waals surface area contributed by atoms with Gasteiger partial charge in [-0.05, 0) is 73.9 Å². The summed E-state index contributed by atoms with van der Waals surface area (Å²) < 4.78 is 97.9. The number of methoxy groups -OCH3 is 1. The van der Waals surface area contributed by atoms with E-state index in [-0.39, 0.29) is 36.0 Å². The summed E-state index contributed by atoms with van der Waals surface area (Å²) in [4.78, 5) is 42.5. The number of alkyl halides is 6. The minimum Gasteiger partial charge on any atom is -0.493 e. The Kier molecular flexibility index (Phi) is 11.8. The van der Waals surface area contributed by atoms with Crippen molar-refractivity contribution < 1.29 is 59.7 Å². The monoisotopic (exact) mass is 696 g/mol. The highest BCUT2D eigenvalue weighted by Gasteiger charge is 2.36. The number of hydrogen-bond acceptors (Lipinski definition) is 8. The third-order valence-electron chi connectivity index (χ3n) is 8.12. The Labute approximate surface area is 277 Å². The maximum absolute atomic E-state index is 13.5. The highest BCUT2D eigenvalue weighted by atomic mass is 19.4. The number of halogens is 6. The smallest absolute Gasteiger partial charge is 0.493 e. The van der Waals surface area contributed by atoms with Crippen LogP contribution in [0, 0.1) is 11.8 Å². The molecule has 4 atom stereocenters. The van der Waals surface area contributed by atoms with Crippen LogP contribution in [0.2, 0.25) is 0 Å². The van der Waals surface area contributed by atoms with Crippen LogP contribution >= 0.6 is 0 Å². The molecule has 3 aromatic rings. The summed E-state index contributed by atoms with van der Waals surface area (Å²) in [6, 6.07) is 10.3. The molecule has 2 aromatic carbocycles. The van der Waals surface area contributed by atoms with Crippen LogP contribution in [0.3, 0.4) is 0 Å². The zero-order valence-electron chi connectivity index (χ0n) is 26.7. The summed E-state index contributed by atoms with van der Waals surface area (Å²) in [5.41, 5.74) is 0.130. The first kappa shape index (κ1) is 37.0. The van der Waals surface area contributed by atoms with Gasteiger partial charge in [0.25, 0.3) is 5.91 Å². The number of esters is 2. The molecule has 0 aliphatic carbocycles. The molecule has 0 saturated carbocycles. The molecule has 264 valence electrons. The fraction of sp³-hybridized carbons (Fsp3) is 0.412. The van der Waals surface area contributed by atoms with Gasteiger partial charge in [-0.25, -0.2) is 9.78 Å². The molecule has 15 heteroatoms. The number of aromatic nitrogens is 1. The molecule has 2 heterocycles. The van der Waals surface area contributed by atoms with Crippen LogP contribution in [0.4, 0.5) is 26.3 Å². The van der Waals surface area contributed by atoms with Crippen molar-refractivity contribution in [3.63, 3.8) is 0 Å². The molecule has 1 N–H and O–H groups in total. The molecule has 4 rings (SSSR count). The van der Waals surface area contributed by atoms with Gasteiger partial charge in [-0.1, -0.05) is 30.7 Å². The summed E-state index contributed by atoms with van der Waals surface area (Å²) in [6.07, 6.45) is -7.36. The fourth-order valence-corrected chi connectivity index (χ4v) is 5.82. The normalized spacial score (nSPS) is 20.2. The number of hydrogen-bond donors (Lipinski definition) is 1. The number of cyclic esters (lactones) is 1. The third-order valence-corrected chi connectivity index (χ3v) is 8.12. The maximum atomic E-state index is 13.5. The van der Waals surface area contributed by atoms with Crippen LogP contribution in [0.15, 0.2) is 60.8 Å². The van der Waals surface area contributed by atoms with Crippen LogP contribution in [-0.2, 0) is 33.3 Å². The van der Waals surface area contributed by atoms with E-state index in [4.69, 9.17) is 14.2 Å². The predicted molar refractivity (Wildman–Crippen MR) is 162 cm³/mol. The summed E-state index contributed by atoms with van der Waals surface area (Å²) in [5.74, 6) is -3.58. The van der Waals surface area contributed by atoms with Gasteiger partial charge in [-0.15, -0.1) is 13.2 Å². The van der Waals surface area contributed by atoms with Crippen molar-refractivity contribution in [3.8, 4) is 17.2 Å². The molecule has 0 spiro atoms. The van der Waals surface area contributed by atoms with E-state index >= 15 is 0 Å². The Balaban J connectivity index is 1.59. The highest BCUT2D eigenvalue weighted by molar-refractivity contribution is 5.98. The topological polar surface area (TPSA) is 113 Å². The van der Waals surface area contributed by atoms with Crippen molar-refractivity contribution in [2.45, 2.75) is 70.6 Å². The van der Waals surface area contributed by atoms with E-state index in [0.29, 0.717) is 30.4 Å². The lowest BCUT2D eigenvalue weighted by Gasteiger charge is -2.31. The summed E-state index contributed by atoms with van der Waals surface area (Å²) >= 11 is 0. The van der Waals surface area contributed by atoms with Crippen molar-refractivity contribution >= 4 is 17.8 Å². The molecular weight excluding hydrogens is 662 g/mol. The number of carbonyl (C=O) groups is 3. The molecule has 9 nitrogen and oxygen atoms in total. The zero-order valence-corrected chi connectivity index (χ0v) is 26.7. The number of pyridine rings is 1. The van der Waals surface area contributed by atoms with E-state index in [0.717, 1.165) is 19.1 Å². The van der Waals surface area contributed by atoms with Crippen molar-refractivity contribution in [3.05, 3.63) is 83.2 Å². The quantitative estimate of drug-likeness (QED) is 0.191. The van der Waals surface area contributed by atoms with E-state index in [1.165, 1.54) is 55.8 Å². The first-order chi connectivity index (χ1) is 23.0. The lowest BCUT2D eigenvalue weighted by molar-refractivity contribution is -0.274. The molecule has 49 heavy (non-hydrogen) atoms. The van der Waals surface area contributed by atoms with E-state index in [1.54, 1.807) is 6.92 Å². The van der Waals surface area contributed by atoms with Gasteiger partial charge in [-0.3, -0.25) is 9.59 Å². The highest BCUT2D eigenvalue weighted by Crippen LogP contribution is 2.35. The summed E-state index contributed by atoms with van der Waals surface area (Å²) in [7, 11) is 1.31. The van der Waals surface area contributed by atoms with Gasteiger partial charge in [-0.2, -0.15) is 13.2 Å². The van der Waals surface area contributed by atoms with Crippen LogP contribution in [-0.4, -0.2) is 48.4 Å². The molecule has 4 unspecified atom stereocenters. The molecule has 0 radical (unpaired) electrons. The second-order valence-electron chi connectivity index (χ2n) is 11.6. The number of nitrogens with one attached hydrogen (secondary N) is 1. The second kappa shape index (κ2) is 15.6. The summed E-state index contributed by atoms with van der Waals surface area (Å²) in [6.45, 7) is 2.78. The Bertz CT molecular complexity index is 1610. The van der Waals surface area contributed by atoms with E-state index in [1.807, 2.05) is 0 Å². The van der Waals surface area contributed by atoms with Crippen molar-refractivity contribution in [1.29, 1.82) is 0 Å². The largest absolute Gasteiger partial charge is 0.573 e. The van der Waals surface area contributed by atoms with E-state index < -0.39 is 59.8 Å². The Morgan fingerprint density at radius 1 is 0.939 bits per heavy atom. The first-order valence-electron chi connectivity index (χ1n) is 15.3. The van der Waals surface area contributed by atoms with Gasteiger partial charge < -0.3 is 24.3 Å². The minimum atomic E-state index is -4.87. The minimum absolute atomic E-state index is 0.0629. The van der Waals surface area contributed by atoms with Crippen molar-refractivity contribution in [2.75, 3.05) is 7.11 Å². The number of amides is 1. The predicted octanol–water partition coefficient (Wildman–Crippen LogP) is 6.86. The van der Waals surface area contributed by atoms with Gasteiger partial charge >= 0.3 is 24.5 Å². The van der Waals surface area contributed by atoms with Gasteiger partial charge in [0, 0.05) is 25.1 Å². The lowest BCUT2D eigenvalue weighted by Crippen LogP contribution is -2.43. The van der Waals surface area contributed by atoms with Gasteiger partial charge in [0.1, 0.15) is 17.9 Å². The average Bonchev–Trinajstić information content (AvgIpc) is 3.06. The molecule has 1 aliphatic heterocycles. The molecule has 0 bridgehead atoms. The number of nitrogens with zero attached hydrogens (tertiary/aromatic N) is 1. The first-order valence-corrected chi connectivity index (χ1v) is 15.3. The molecule has 1 aromatic heterocycles. The number of ether oxygens (including phenoxy) is 4. The maximum Gasteiger partial charge on any atom is 0.573 e. The van der Waals surface area contributed by atoms with Crippen molar-refractivity contribution in [1.82, 2.24) is 10.3 Å². The van der Waals surface area contributed by atoms with Crippen LogP contribution in [0.25, 0.3) is 0 Å². The number of rotatable bonds is 9. The standard InChI is InChI=1S/C34H34F6N2O7/c1-19-26(18-22-9-13-25(14-10-22)49-34(38,39)40)23(17-21-7-11-24(12-8-21)33(35,36)37)5-4-6-27(32(45)47-19)42-31(44)29-30(48-20(2)43)28(46-3)15-16-41-29/h7-16,19,23,26-27H,4-6,17-18H2,1-3H3,(H,42,44). The second-order valence-corrected chi connectivity index (χ2v) is 11.6. The van der Waals surface area contributed by atoms with Crippen molar-refractivity contribution in [2.24, 2.45) is 11.8 Å². The van der Waals surface area contributed by atoms with Gasteiger partial charge in [0.15, 0.2) is 11.4 Å². The number of carbonyl (C=O) groups excluding carboxylic acids is 3. The van der Waals surface area contributed by atoms with Gasteiger partial charge in [0.05, 0.1) is 12.7 Å². The molecule has 1 amide bonds. The summed E-state index contributed by atoms with van der Waals surface area (Å²) in [5, 5.41) is 2.61. The van der Waals surface area contributed by atoms with Gasteiger partial charge in [0.2, 0.25) is 5.75 Å². The lowest BCUT2D eigenvalue weighted by atomic mass is 9.77. The fourth-order valence-electron chi connectivity index (χ4n) is 5.82. The van der Waals surface area contributed by atoms with Crippen LogP contribution in [0.1, 0.15) is 60.3 Å². The van der Waals surface area contributed by atoms with Crippen LogP contribution in [0.5, 0.6) is 17.2 Å². The average molecular weight is 697 g/mol. The molecule has 1 fully saturated rings. The molecular formula is C34H34F6N2O7. The zero-order chi connectivity index (χ0) is 35.9. The third kappa shape index (κ3) is 10.3.